The first kappa shape index (κ1) is 19.0. The van der Waals surface area contributed by atoms with Crippen molar-refractivity contribution < 1.29 is 14.0 Å². The van der Waals surface area contributed by atoms with Gasteiger partial charge in [0.2, 0.25) is 0 Å². The number of rotatable bonds is 5. The number of hydrogen-bond donors (Lipinski definition) is 2. The third kappa shape index (κ3) is 3.91. The SMILES string of the molecule is ON=c1cc(-c2cc3cccn3cn2)oc2ccc(CNCc3ccc(F)cc3)cc12. The van der Waals surface area contributed by atoms with Gasteiger partial charge in [-0.25, -0.2) is 9.37 Å². The van der Waals surface area contributed by atoms with Crippen LogP contribution in [0.4, 0.5) is 4.39 Å². The van der Waals surface area contributed by atoms with Gasteiger partial charge in [0.05, 0.1) is 6.33 Å². The maximum atomic E-state index is 13.0. The summed E-state index contributed by atoms with van der Waals surface area (Å²) >= 11 is 0. The molecular weight excluding hydrogens is 395 g/mol. The van der Waals surface area contributed by atoms with Crippen LogP contribution in [-0.4, -0.2) is 14.6 Å². The number of nitrogens with zero attached hydrogens (tertiary/aromatic N) is 3. The Bertz CT molecular complexity index is 1440. The average molecular weight is 414 g/mol. The minimum atomic E-state index is -0.245. The van der Waals surface area contributed by atoms with Gasteiger partial charge >= 0.3 is 0 Å². The van der Waals surface area contributed by atoms with Crippen molar-refractivity contribution in [1.29, 1.82) is 0 Å². The van der Waals surface area contributed by atoms with E-state index < -0.39 is 0 Å². The smallest absolute Gasteiger partial charge is 0.155 e. The van der Waals surface area contributed by atoms with Crippen molar-refractivity contribution >= 4 is 16.5 Å². The first-order valence-corrected chi connectivity index (χ1v) is 9.83. The van der Waals surface area contributed by atoms with Crippen LogP contribution in [0.5, 0.6) is 0 Å². The van der Waals surface area contributed by atoms with E-state index >= 15 is 0 Å². The Morgan fingerprint density at radius 2 is 1.81 bits per heavy atom. The summed E-state index contributed by atoms with van der Waals surface area (Å²) in [5.41, 5.74) is 4.26. The average Bonchev–Trinajstić information content (AvgIpc) is 3.27. The van der Waals surface area contributed by atoms with Crippen LogP contribution in [0.1, 0.15) is 11.1 Å². The molecule has 0 aliphatic carbocycles. The summed E-state index contributed by atoms with van der Waals surface area (Å²) in [4.78, 5) is 4.44. The molecule has 0 radical (unpaired) electrons. The lowest BCUT2D eigenvalue weighted by Gasteiger charge is -2.08. The molecule has 0 bridgehead atoms. The summed E-state index contributed by atoms with van der Waals surface area (Å²) in [6.45, 7) is 1.22. The monoisotopic (exact) mass is 414 g/mol. The van der Waals surface area contributed by atoms with Crippen LogP contribution in [0.2, 0.25) is 0 Å². The van der Waals surface area contributed by atoms with Gasteiger partial charge in [-0.15, -0.1) is 0 Å². The molecule has 31 heavy (non-hydrogen) atoms. The lowest BCUT2D eigenvalue weighted by atomic mass is 10.1. The Morgan fingerprint density at radius 3 is 2.65 bits per heavy atom. The standard InChI is InChI=1S/C24H19FN4O2/c25-18-6-3-16(4-7-18)13-26-14-17-5-8-23-20(10-17)21(28-30)12-24(31-23)22-11-19-2-1-9-29(19)15-27-22/h1-12,15,26,30H,13-14H2. The fraction of sp³-hybridized carbons (Fsp3) is 0.0833. The molecule has 5 rings (SSSR count). The van der Waals surface area contributed by atoms with E-state index in [4.69, 9.17) is 4.42 Å². The van der Waals surface area contributed by atoms with Crippen molar-refractivity contribution in [1.82, 2.24) is 14.7 Å². The van der Waals surface area contributed by atoms with Crippen molar-refractivity contribution in [3.63, 3.8) is 0 Å². The van der Waals surface area contributed by atoms with Crippen LogP contribution < -0.4 is 10.7 Å². The van der Waals surface area contributed by atoms with E-state index in [0.29, 0.717) is 40.9 Å². The second kappa shape index (κ2) is 8.04. The van der Waals surface area contributed by atoms with Gasteiger partial charge < -0.3 is 19.3 Å². The maximum Gasteiger partial charge on any atom is 0.155 e. The second-order valence-electron chi connectivity index (χ2n) is 7.27. The van der Waals surface area contributed by atoms with Crippen molar-refractivity contribution in [3.8, 4) is 11.5 Å². The summed E-state index contributed by atoms with van der Waals surface area (Å²) < 4.78 is 21.0. The van der Waals surface area contributed by atoms with E-state index in [0.717, 1.165) is 16.6 Å². The molecule has 3 heterocycles. The van der Waals surface area contributed by atoms with E-state index in [1.807, 2.05) is 47.0 Å². The summed E-state index contributed by atoms with van der Waals surface area (Å²) in [5, 5.41) is 17.5. The first-order valence-electron chi connectivity index (χ1n) is 9.83. The second-order valence-corrected chi connectivity index (χ2v) is 7.27. The van der Waals surface area contributed by atoms with E-state index in [1.54, 1.807) is 24.5 Å². The highest BCUT2D eigenvalue weighted by molar-refractivity contribution is 5.79. The topological polar surface area (TPSA) is 75.1 Å². The highest BCUT2D eigenvalue weighted by Gasteiger charge is 2.09. The zero-order valence-corrected chi connectivity index (χ0v) is 16.5. The van der Waals surface area contributed by atoms with Crippen LogP contribution in [0.3, 0.4) is 0 Å². The van der Waals surface area contributed by atoms with Gasteiger partial charge in [-0.1, -0.05) is 23.4 Å². The third-order valence-corrected chi connectivity index (χ3v) is 5.16. The molecule has 0 spiro atoms. The maximum absolute atomic E-state index is 13.0. The van der Waals surface area contributed by atoms with Crippen LogP contribution in [0.25, 0.3) is 27.9 Å². The Hall–Kier alpha value is -3.97. The van der Waals surface area contributed by atoms with Gasteiger partial charge in [0.1, 0.15) is 22.5 Å². The molecule has 2 aromatic carbocycles. The summed E-state index contributed by atoms with van der Waals surface area (Å²) in [7, 11) is 0. The van der Waals surface area contributed by atoms with Crippen molar-refractivity contribution in [2.24, 2.45) is 5.16 Å². The summed E-state index contributed by atoms with van der Waals surface area (Å²) in [5.74, 6) is 0.275. The number of benzene rings is 2. The summed E-state index contributed by atoms with van der Waals surface area (Å²) in [6, 6.07) is 19.7. The van der Waals surface area contributed by atoms with Crippen molar-refractivity contribution in [2.45, 2.75) is 13.1 Å². The predicted octanol–water partition coefficient (Wildman–Crippen LogP) is 4.47. The number of hydrogen-bond acceptors (Lipinski definition) is 5. The van der Waals surface area contributed by atoms with E-state index in [-0.39, 0.29) is 5.82 Å². The Labute approximate surface area is 176 Å². The number of fused-ring (bicyclic) bond motifs is 2. The Morgan fingerprint density at radius 1 is 1.00 bits per heavy atom. The molecule has 0 aliphatic heterocycles. The molecular formula is C24H19FN4O2. The Balaban J connectivity index is 1.42. The zero-order chi connectivity index (χ0) is 21.2. The Kier molecular flexibility index (Phi) is 4.93. The number of aromatic nitrogens is 2. The third-order valence-electron chi connectivity index (χ3n) is 5.16. The van der Waals surface area contributed by atoms with Crippen LogP contribution in [0.15, 0.2) is 88.8 Å². The molecule has 0 fully saturated rings. The fourth-order valence-electron chi connectivity index (χ4n) is 3.56. The molecule has 3 aromatic heterocycles. The normalized spacial score (nSPS) is 12.1. The molecule has 0 amide bonds. The minimum absolute atomic E-state index is 0.245. The van der Waals surface area contributed by atoms with Crippen LogP contribution in [-0.2, 0) is 13.1 Å². The quantitative estimate of drug-likeness (QED) is 0.329. The highest BCUT2D eigenvalue weighted by atomic mass is 19.1. The molecule has 6 nitrogen and oxygen atoms in total. The number of halogens is 1. The fourth-order valence-corrected chi connectivity index (χ4v) is 3.56. The molecule has 0 unspecified atom stereocenters. The highest BCUT2D eigenvalue weighted by Crippen LogP contribution is 2.22. The van der Waals surface area contributed by atoms with Crippen molar-refractivity contribution in [2.75, 3.05) is 0 Å². The van der Waals surface area contributed by atoms with Gasteiger partial charge in [-0.3, -0.25) is 0 Å². The molecule has 2 N–H and O–H groups in total. The van der Waals surface area contributed by atoms with Gasteiger partial charge in [0.25, 0.3) is 0 Å². The van der Waals surface area contributed by atoms with Crippen LogP contribution in [0, 0.1) is 5.82 Å². The van der Waals surface area contributed by atoms with E-state index in [1.165, 1.54) is 12.1 Å². The molecule has 0 aliphatic rings. The number of nitrogens with one attached hydrogen (secondary N) is 1. The minimum Gasteiger partial charge on any atom is -0.454 e. The molecule has 0 atom stereocenters. The molecule has 0 saturated heterocycles. The largest absolute Gasteiger partial charge is 0.454 e. The van der Waals surface area contributed by atoms with Gasteiger partial charge in [-0.05, 0) is 53.6 Å². The van der Waals surface area contributed by atoms with Gasteiger partial charge in [0, 0.05) is 36.3 Å². The van der Waals surface area contributed by atoms with E-state index in [2.05, 4.69) is 15.5 Å². The molecule has 0 saturated carbocycles. The first-order chi connectivity index (χ1) is 15.2. The van der Waals surface area contributed by atoms with Crippen LogP contribution >= 0.6 is 0 Å². The molecule has 154 valence electrons. The predicted molar refractivity (Wildman–Crippen MR) is 115 cm³/mol. The lowest BCUT2D eigenvalue weighted by molar-refractivity contribution is 0.302. The summed E-state index contributed by atoms with van der Waals surface area (Å²) in [6.07, 6.45) is 3.64. The van der Waals surface area contributed by atoms with Crippen molar-refractivity contribution in [3.05, 3.63) is 102 Å². The molecule has 7 heteroatoms. The lowest BCUT2D eigenvalue weighted by Crippen LogP contribution is -2.13. The zero-order valence-electron chi connectivity index (χ0n) is 16.5. The van der Waals surface area contributed by atoms with Gasteiger partial charge in [0.15, 0.2) is 5.76 Å². The van der Waals surface area contributed by atoms with E-state index in [9.17, 15) is 9.60 Å². The van der Waals surface area contributed by atoms with Gasteiger partial charge in [-0.2, -0.15) is 0 Å². The molecule has 5 aromatic rings.